The first-order valence-corrected chi connectivity index (χ1v) is 9.41. The minimum Gasteiger partial charge on any atom is -0.459 e. The van der Waals surface area contributed by atoms with Gasteiger partial charge >= 0.3 is 5.91 Å². The molecule has 8 nitrogen and oxygen atoms in total. The lowest BCUT2D eigenvalue weighted by Gasteiger charge is -2.21. The number of furan rings is 1. The van der Waals surface area contributed by atoms with Crippen molar-refractivity contribution in [3.05, 3.63) is 54.0 Å². The molecule has 0 saturated carbocycles. The van der Waals surface area contributed by atoms with Gasteiger partial charge in [0.15, 0.2) is 5.76 Å². The Kier molecular flexibility index (Phi) is 6.17. The van der Waals surface area contributed by atoms with Crippen molar-refractivity contribution in [2.24, 2.45) is 5.92 Å². The average Bonchev–Trinajstić information content (AvgIpc) is 3.12. The van der Waals surface area contributed by atoms with Gasteiger partial charge in [-0.05, 0) is 37.1 Å². The van der Waals surface area contributed by atoms with Crippen molar-refractivity contribution in [2.45, 2.75) is 31.7 Å². The Morgan fingerprint density at radius 1 is 1.04 bits per heavy atom. The summed E-state index contributed by atoms with van der Waals surface area (Å²) in [5, 5.41) is 0. The lowest BCUT2D eigenvalue weighted by Crippen LogP contribution is -2.54. The number of amides is 2. The van der Waals surface area contributed by atoms with E-state index in [4.69, 9.17) is 4.42 Å². The van der Waals surface area contributed by atoms with Crippen molar-refractivity contribution in [3.8, 4) is 0 Å². The highest BCUT2D eigenvalue weighted by atomic mass is 32.2. The molecule has 26 heavy (non-hydrogen) atoms. The van der Waals surface area contributed by atoms with Gasteiger partial charge in [0.25, 0.3) is 5.91 Å². The van der Waals surface area contributed by atoms with Crippen molar-refractivity contribution in [2.75, 3.05) is 0 Å². The van der Waals surface area contributed by atoms with Crippen LogP contribution in [0.15, 0.2) is 52.0 Å². The van der Waals surface area contributed by atoms with E-state index in [1.54, 1.807) is 26.0 Å². The Hall–Kier alpha value is -2.65. The molecule has 3 N–H and O–H groups in total. The van der Waals surface area contributed by atoms with Crippen LogP contribution < -0.4 is 15.6 Å². The highest BCUT2D eigenvalue weighted by molar-refractivity contribution is 7.89. The minimum absolute atomic E-state index is 0.0200. The molecular formula is C17H21N3O5S. The monoisotopic (exact) mass is 379 g/mol. The first-order chi connectivity index (χ1) is 12.2. The Morgan fingerprint density at radius 2 is 1.69 bits per heavy atom. The third kappa shape index (κ3) is 4.93. The molecule has 1 heterocycles. The summed E-state index contributed by atoms with van der Waals surface area (Å²) in [6, 6.07) is 8.16. The van der Waals surface area contributed by atoms with E-state index in [2.05, 4.69) is 15.6 Å². The number of hydrogen-bond acceptors (Lipinski definition) is 5. The Bertz CT molecular complexity index is 858. The van der Waals surface area contributed by atoms with Gasteiger partial charge < -0.3 is 4.42 Å². The first-order valence-electron chi connectivity index (χ1n) is 7.93. The fourth-order valence-corrected chi connectivity index (χ4v) is 3.45. The van der Waals surface area contributed by atoms with E-state index in [-0.39, 0.29) is 16.6 Å². The minimum atomic E-state index is -3.89. The molecule has 2 rings (SSSR count). The third-order valence-corrected chi connectivity index (χ3v) is 5.06. The highest BCUT2D eigenvalue weighted by Gasteiger charge is 2.28. The normalized spacial score (nSPS) is 12.6. The van der Waals surface area contributed by atoms with Gasteiger partial charge in [-0.25, -0.2) is 8.42 Å². The maximum Gasteiger partial charge on any atom is 0.305 e. The van der Waals surface area contributed by atoms with Gasteiger partial charge in [-0.1, -0.05) is 31.5 Å². The van der Waals surface area contributed by atoms with Crippen LogP contribution in [0, 0.1) is 12.8 Å². The van der Waals surface area contributed by atoms with Gasteiger partial charge in [0.05, 0.1) is 11.2 Å². The number of nitrogens with one attached hydrogen (secondary N) is 3. The molecule has 0 aliphatic rings. The largest absolute Gasteiger partial charge is 0.459 e. The van der Waals surface area contributed by atoms with Crippen LogP contribution >= 0.6 is 0 Å². The fourth-order valence-electron chi connectivity index (χ4n) is 2.11. The van der Waals surface area contributed by atoms with E-state index in [1.807, 2.05) is 6.92 Å². The molecule has 0 bridgehead atoms. The third-order valence-electron chi connectivity index (χ3n) is 3.61. The molecule has 9 heteroatoms. The van der Waals surface area contributed by atoms with Crippen LogP contribution in [0.5, 0.6) is 0 Å². The van der Waals surface area contributed by atoms with E-state index in [9.17, 15) is 18.0 Å². The molecule has 1 atom stereocenters. The number of carbonyl (C=O) groups excluding carboxylic acids is 2. The Morgan fingerprint density at radius 3 is 2.23 bits per heavy atom. The zero-order valence-electron chi connectivity index (χ0n) is 14.6. The highest BCUT2D eigenvalue weighted by Crippen LogP contribution is 2.13. The number of rotatable bonds is 6. The molecule has 0 spiro atoms. The second kappa shape index (κ2) is 8.15. The standard InChI is InChI=1S/C17H21N3O5S/c1-11(2)15(17(22)19-18-16(21)14-5-4-10-25-14)20-26(23,24)13-8-6-12(3)7-9-13/h4-11,15,20H,1-3H3,(H,18,21)(H,19,22)/t15-/m0/s1. The summed E-state index contributed by atoms with van der Waals surface area (Å²) in [6.07, 6.45) is 1.32. The number of carbonyl (C=O) groups is 2. The van der Waals surface area contributed by atoms with Gasteiger partial charge in [-0.3, -0.25) is 20.4 Å². The molecule has 1 aromatic heterocycles. The van der Waals surface area contributed by atoms with Crippen LogP contribution in [0.1, 0.15) is 30.0 Å². The quantitative estimate of drug-likeness (QED) is 0.655. The Balaban J connectivity index is 2.06. The Labute approximate surface area is 152 Å². The molecule has 0 unspecified atom stereocenters. The van der Waals surface area contributed by atoms with Gasteiger partial charge in [-0.2, -0.15) is 4.72 Å². The molecule has 2 aromatic rings. The van der Waals surface area contributed by atoms with Crippen molar-refractivity contribution in [1.82, 2.24) is 15.6 Å². The summed E-state index contributed by atoms with van der Waals surface area (Å²) in [6.45, 7) is 5.22. The van der Waals surface area contributed by atoms with Crippen molar-refractivity contribution in [1.29, 1.82) is 0 Å². The van der Waals surface area contributed by atoms with Gasteiger partial charge in [0.1, 0.15) is 6.04 Å². The maximum atomic E-state index is 12.5. The summed E-state index contributed by atoms with van der Waals surface area (Å²) in [7, 11) is -3.89. The predicted molar refractivity (Wildman–Crippen MR) is 94.4 cm³/mol. The number of hydrazine groups is 1. The molecule has 140 valence electrons. The molecule has 1 aromatic carbocycles. The van der Waals surface area contributed by atoms with Crippen LogP contribution in [0.25, 0.3) is 0 Å². The second-order valence-electron chi connectivity index (χ2n) is 6.08. The lowest BCUT2D eigenvalue weighted by atomic mass is 10.1. The zero-order valence-corrected chi connectivity index (χ0v) is 15.5. The van der Waals surface area contributed by atoms with Crippen LogP contribution in [0.2, 0.25) is 0 Å². The predicted octanol–water partition coefficient (Wildman–Crippen LogP) is 1.35. The fraction of sp³-hybridized carbons (Fsp3) is 0.294. The molecule has 2 amide bonds. The second-order valence-corrected chi connectivity index (χ2v) is 7.79. The van der Waals surface area contributed by atoms with E-state index in [0.717, 1.165) is 5.56 Å². The summed E-state index contributed by atoms with van der Waals surface area (Å²) >= 11 is 0. The van der Waals surface area contributed by atoms with E-state index in [0.29, 0.717) is 0 Å². The maximum absolute atomic E-state index is 12.5. The van der Waals surface area contributed by atoms with E-state index < -0.39 is 27.9 Å². The number of benzene rings is 1. The van der Waals surface area contributed by atoms with Crippen LogP contribution in [0.3, 0.4) is 0 Å². The molecular weight excluding hydrogens is 358 g/mol. The van der Waals surface area contributed by atoms with Crippen LogP contribution in [-0.4, -0.2) is 26.3 Å². The van der Waals surface area contributed by atoms with Crippen molar-refractivity contribution >= 4 is 21.8 Å². The average molecular weight is 379 g/mol. The smallest absolute Gasteiger partial charge is 0.305 e. The van der Waals surface area contributed by atoms with Crippen LogP contribution in [0.4, 0.5) is 0 Å². The topological polar surface area (TPSA) is 118 Å². The molecule has 0 saturated heterocycles. The van der Waals surface area contributed by atoms with Gasteiger partial charge in [-0.15, -0.1) is 0 Å². The van der Waals surface area contributed by atoms with E-state index in [1.165, 1.54) is 30.5 Å². The summed E-state index contributed by atoms with van der Waals surface area (Å²) in [5.41, 5.74) is 5.32. The van der Waals surface area contributed by atoms with E-state index >= 15 is 0 Å². The number of aryl methyl sites for hydroxylation is 1. The molecule has 0 aliphatic heterocycles. The van der Waals surface area contributed by atoms with Crippen molar-refractivity contribution in [3.63, 3.8) is 0 Å². The number of hydrogen-bond donors (Lipinski definition) is 3. The first kappa shape index (κ1) is 19.7. The molecule has 0 radical (unpaired) electrons. The van der Waals surface area contributed by atoms with Gasteiger partial charge in [0.2, 0.25) is 10.0 Å². The van der Waals surface area contributed by atoms with Gasteiger partial charge in [0, 0.05) is 0 Å². The summed E-state index contributed by atoms with van der Waals surface area (Å²) < 4.78 is 32.3. The molecule has 0 fully saturated rings. The zero-order chi connectivity index (χ0) is 19.3. The number of sulfonamides is 1. The van der Waals surface area contributed by atoms with Crippen molar-refractivity contribution < 1.29 is 22.4 Å². The van der Waals surface area contributed by atoms with Crippen LogP contribution in [-0.2, 0) is 14.8 Å². The summed E-state index contributed by atoms with van der Waals surface area (Å²) in [5.74, 6) is -1.66. The molecule has 0 aliphatic carbocycles. The summed E-state index contributed by atoms with van der Waals surface area (Å²) in [4.78, 5) is 24.2. The lowest BCUT2D eigenvalue weighted by molar-refractivity contribution is -0.124. The SMILES string of the molecule is Cc1ccc(S(=O)(=O)N[C@H](C(=O)NNC(=O)c2ccco2)C(C)C)cc1.